The zero-order valence-corrected chi connectivity index (χ0v) is 11.4. The van der Waals surface area contributed by atoms with Crippen LogP contribution in [0, 0.1) is 11.8 Å². The quantitative estimate of drug-likeness (QED) is 0.725. The van der Waals surface area contributed by atoms with Crippen LogP contribution in [0.25, 0.3) is 0 Å². The first-order chi connectivity index (χ1) is 8.19. The second-order valence-corrected chi connectivity index (χ2v) is 5.39. The Kier molecular flexibility index (Phi) is 6.56. The van der Waals surface area contributed by atoms with Gasteiger partial charge in [-0.2, -0.15) is 0 Å². The summed E-state index contributed by atoms with van der Waals surface area (Å²) in [6.45, 7) is 4.63. The second kappa shape index (κ2) is 7.70. The molecule has 0 aromatic heterocycles. The fourth-order valence-corrected chi connectivity index (χ4v) is 2.73. The van der Waals surface area contributed by atoms with E-state index in [-0.39, 0.29) is 11.8 Å². The van der Waals surface area contributed by atoms with E-state index >= 15 is 0 Å². The number of nitrogens with one attached hydrogen (secondary N) is 1. The molecule has 0 aromatic rings. The van der Waals surface area contributed by atoms with Crippen LogP contribution < -0.4 is 11.1 Å². The summed E-state index contributed by atoms with van der Waals surface area (Å²) in [6.07, 6.45) is 8.72. The fraction of sp³-hybridized carbons (Fsp3) is 0.929. The third-order valence-corrected chi connectivity index (χ3v) is 4.12. The van der Waals surface area contributed by atoms with Crippen LogP contribution in [0.5, 0.6) is 0 Å². The van der Waals surface area contributed by atoms with Crippen molar-refractivity contribution in [3.05, 3.63) is 0 Å². The van der Waals surface area contributed by atoms with Gasteiger partial charge in [-0.1, -0.05) is 32.6 Å². The highest BCUT2D eigenvalue weighted by atomic mass is 16.1. The molecule has 0 radical (unpaired) electrons. The van der Waals surface area contributed by atoms with Gasteiger partial charge >= 0.3 is 0 Å². The molecule has 1 unspecified atom stereocenters. The Bertz CT molecular complexity index is 218. The summed E-state index contributed by atoms with van der Waals surface area (Å²) in [7, 11) is 0. The highest BCUT2D eigenvalue weighted by molar-refractivity contribution is 5.79. The Morgan fingerprint density at radius 2 is 1.88 bits per heavy atom. The Morgan fingerprint density at radius 1 is 1.29 bits per heavy atom. The van der Waals surface area contributed by atoms with Gasteiger partial charge in [0.05, 0.1) is 0 Å². The van der Waals surface area contributed by atoms with Crippen molar-refractivity contribution in [3.8, 4) is 0 Å². The smallest absolute Gasteiger partial charge is 0.224 e. The zero-order chi connectivity index (χ0) is 12.7. The van der Waals surface area contributed by atoms with E-state index in [1.54, 1.807) is 0 Å². The molecule has 0 aliphatic heterocycles. The minimum atomic E-state index is -0.0109. The van der Waals surface area contributed by atoms with Crippen molar-refractivity contribution in [3.63, 3.8) is 0 Å². The lowest BCUT2D eigenvalue weighted by atomic mass is 9.92. The first kappa shape index (κ1) is 14.5. The van der Waals surface area contributed by atoms with Gasteiger partial charge in [-0.3, -0.25) is 4.79 Å². The lowest BCUT2D eigenvalue weighted by Crippen LogP contribution is -2.43. The number of hydrogen-bond donors (Lipinski definition) is 2. The van der Waals surface area contributed by atoms with Crippen molar-refractivity contribution in [2.45, 2.75) is 64.8 Å². The van der Waals surface area contributed by atoms with E-state index in [0.29, 0.717) is 18.5 Å². The molecule has 1 aliphatic rings. The van der Waals surface area contributed by atoms with E-state index in [9.17, 15) is 4.79 Å². The molecule has 1 rings (SSSR count). The summed E-state index contributed by atoms with van der Waals surface area (Å²) in [6, 6.07) is 0.307. The van der Waals surface area contributed by atoms with Gasteiger partial charge in [0, 0.05) is 18.5 Å². The highest BCUT2D eigenvalue weighted by Gasteiger charge is 2.23. The summed E-state index contributed by atoms with van der Waals surface area (Å²) in [4.78, 5) is 12.0. The van der Waals surface area contributed by atoms with E-state index in [0.717, 1.165) is 6.42 Å². The van der Waals surface area contributed by atoms with Gasteiger partial charge in [0.1, 0.15) is 0 Å². The van der Waals surface area contributed by atoms with Crippen molar-refractivity contribution >= 4 is 5.91 Å². The molecule has 2 atom stereocenters. The third kappa shape index (κ3) is 4.66. The SMILES string of the molecule is CCC(CN)C(=O)N[C@H](C)C1CCCCCC1. The Balaban J connectivity index is 2.40. The average Bonchev–Trinajstić information content (AvgIpc) is 2.59. The first-order valence-electron chi connectivity index (χ1n) is 7.19. The van der Waals surface area contributed by atoms with Gasteiger partial charge in [0.25, 0.3) is 0 Å². The molecule has 3 nitrogen and oxygen atoms in total. The van der Waals surface area contributed by atoms with E-state index in [4.69, 9.17) is 5.73 Å². The molecule has 3 heteroatoms. The van der Waals surface area contributed by atoms with Gasteiger partial charge in [-0.15, -0.1) is 0 Å². The second-order valence-electron chi connectivity index (χ2n) is 5.39. The van der Waals surface area contributed by atoms with Crippen molar-refractivity contribution in [1.29, 1.82) is 0 Å². The van der Waals surface area contributed by atoms with Crippen molar-refractivity contribution < 1.29 is 4.79 Å². The normalized spacial score (nSPS) is 21.6. The molecule has 1 fully saturated rings. The van der Waals surface area contributed by atoms with Gasteiger partial charge in [0.15, 0.2) is 0 Å². The molecule has 0 aromatic carbocycles. The van der Waals surface area contributed by atoms with Crippen LogP contribution in [-0.4, -0.2) is 18.5 Å². The lowest BCUT2D eigenvalue weighted by Gasteiger charge is -2.25. The van der Waals surface area contributed by atoms with Crippen molar-refractivity contribution in [2.75, 3.05) is 6.54 Å². The standard InChI is InChI=1S/C14H28N2O/c1-3-12(10-15)14(17)16-11(2)13-8-6-4-5-7-9-13/h11-13H,3-10,15H2,1-2H3,(H,16,17)/t11-,12?/m1/s1. The first-order valence-corrected chi connectivity index (χ1v) is 7.19. The van der Waals surface area contributed by atoms with Gasteiger partial charge in [0.2, 0.25) is 5.91 Å². The van der Waals surface area contributed by atoms with E-state index in [1.807, 2.05) is 6.92 Å². The molecular formula is C14H28N2O. The number of hydrogen-bond acceptors (Lipinski definition) is 2. The number of carbonyl (C=O) groups excluding carboxylic acids is 1. The van der Waals surface area contributed by atoms with E-state index in [1.165, 1.54) is 38.5 Å². The summed E-state index contributed by atoms with van der Waals surface area (Å²) in [5, 5.41) is 3.16. The number of rotatable bonds is 5. The van der Waals surface area contributed by atoms with Gasteiger partial charge in [-0.25, -0.2) is 0 Å². The molecule has 1 amide bonds. The number of amides is 1. The molecule has 3 N–H and O–H groups in total. The highest BCUT2D eigenvalue weighted by Crippen LogP contribution is 2.25. The van der Waals surface area contributed by atoms with Crippen molar-refractivity contribution in [1.82, 2.24) is 5.32 Å². The van der Waals surface area contributed by atoms with E-state index < -0.39 is 0 Å². The van der Waals surface area contributed by atoms with Crippen LogP contribution in [0.15, 0.2) is 0 Å². The van der Waals surface area contributed by atoms with Crippen LogP contribution in [0.2, 0.25) is 0 Å². The summed E-state index contributed by atoms with van der Waals surface area (Å²) in [5.74, 6) is 0.798. The molecule has 100 valence electrons. The van der Waals surface area contributed by atoms with Crippen molar-refractivity contribution in [2.24, 2.45) is 17.6 Å². The Labute approximate surface area is 106 Å². The Morgan fingerprint density at radius 3 is 2.35 bits per heavy atom. The maximum Gasteiger partial charge on any atom is 0.224 e. The maximum absolute atomic E-state index is 12.0. The molecule has 0 spiro atoms. The van der Waals surface area contributed by atoms with Crippen LogP contribution >= 0.6 is 0 Å². The zero-order valence-electron chi connectivity index (χ0n) is 11.4. The third-order valence-electron chi connectivity index (χ3n) is 4.12. The monoisotopic (exact) mass is 240 g/mol. The van der Waals surface area contributed by atoms with Gasteiger partial charge < -0.3 is 11.1 Å². The summed E-state index contributed by atoms with van der Waals surface area (Å²) in [5.41, 5.74) is 5.60. The predicted octanol–water partition coefficient (Wildman–Crippen LogP) is 2.45. The fourth-order valence-electron chi connectivity index (χ4n) is 2.73. The van der Waals surface area contributed by atoms with Crippen LogP contribution in [0.1, 0.15) is 58.8 Å². The topological polar surface area (TPSA) is 55.1 Å². The van der Waals surface area contributed by atoms with E-state index in [2.05, 4.69) is 12.2 Å². The minimum Gasteiger partial charge on any atom is -0.353 e. The van der Waals surface area contributed by atoms with Crippen LogP contribution in [0.3, 0.4) is 0 Å². The maximum atomic E-state index is 12.0. The molecule has 1 aliphatic carbocycles. The lowest BCUT2D eigenvalue weighted by molar-refractivity contribution is -0.125. The molecule has 0 saturated heterocycles. The summed E-state index contributed by atoms with van der Waals surface area (Å²) < 4.78 is 0. The van der Waals surface area contributed by atoms with Crippen LogP contribution in [-0.2, 0) is 4.79 Å². The molecular weight excluding hydrogens is 212 g/mol. The number of carbonyl (C=O) groups is 1. The molecule has 1 saturated carbocycles. The molecule has 17 heavy (non-hydrogen) atoms. The molecule has 0 heterocycles. The predicted molar refractivity (Wildman–Crippen MR) is 71.6 cm³/mol. The average molecular weight is 240 g/mol. The largest absolute Gasteiger partial charge is 0.353 e. The van der Waals surface area contributed by atoms with Crippen LogP contribution in [0.4, 0.5) is 0 Å². The number of nitrogens with two attached hydrogens (primary N) is 1. The molecule has 0 bridgehead atoms. The van der Waals surface area contributed by atoms with Gasteiger partial charge in [-0.05, 0) is 32.1 Å². The summed E-state index contributed by atoms with van der Waals surface area (Å²) >= 11 is 0. The Hall–Kier alpha value is -0.570. The minimum absolute atomic E-state index is 0.0109.